The number of hydrogen-bond acceptors (Lipinski definition) is 7. The molecule has 9 heteroatoms. The minimum Gasteiger partial charge on any atom is -0.455 e. The fraction of sp³-hybridized carbons (Fsp3) is 0.111. The molecule has 0 spiro atoms. The molecule has 0 unspecified atom stereocenters. The van der Waals surface area contributed by atoms with Crippen LogP contribution in [0.2, 0.25) is 0 Å². The molecule has 0 saturated heterocycles. The Morgan fingerprint density at radius 1 is 1.11 bits per heavy atom. The number of aromatic nitrogens is 1. The summed E-state index contributed by atoms with van der Waals surface area (Å²) in [5.74, 6) is -1.66. The van der Waals surface area contributed by atoms with E-state index in [0.717, 1.165) is 11.8 Å². The Bertz CT molecular complexity index is 951. The Kier molecular flexibility index (Phi) is 5.72. The number of amides is 2. The van der Waals surface area contributed by atoms with Gasteiger partial charge in [0.2, 0.25) is 5.91 Å². The first-order valence-corrected chi connectivity index (χ1v) is 8.83. The van der Waals surface area contributed by atoms with Crippen molar-refractivity contribution in [3.8, 4) is 0 Å². The van der Waals surface area contributed by atoms with Crippen molar-refractivity contribution >= 4 is 46.3 Å². The number of primary amides is 1. The SMILES string of the molecule is NC(=O)c1ccc(NC(=O)COC(=O)CSc2nc3ccccc3o2)cc1. The molecule has 0 saturated carbocycles. The van der Waals surface area contributed by atoms with Gasteiger partial charge >= 0.3 is 5.97 Å². The van der Waals surface area contributed by atoms with Crippen LogP contribution in [0, 0.1) is 0 Å². The van der Waals surface area contributed by atoms with E-state index in [4.69, 9.17) is 14.9 Å². The number of esters is 1. The summed E-state index contributed by atoms with van der Waals surface area (Å²) in [5.41, 5.74) is 7.27. The highest BCUT2D eigenvalue weighted by Gasteiger charge is 2.12. The molecule has 3 rings (SSSR count). The molecule has 3 N–H and O–H groups in total. The predicted molar refractivity (Wildman–Crippen MR) is 99.3 cm³/mol. The van der Waals surface area contributed by atoms with Gasteiger partial charge in [-0.2, -0.15) is 0 Å². The van der Waals surface area contributed by atoms with Crippen LogP contribution in [0.3, 0.4) is 0 Å². The molecule has 1 heterocycles. The first-order chi connectivity index (χ1) is 13.0. The van der Waals surface area contributed by atoms with Gasteiger partial charge in [0.1, 0.15) is 11.3 Å². The Balaban J connectivity index is 1.42. The van der Waals surface area contributed by atoms with E-state index in [1.165, 1.54) is 24.3 Å². The van der Waals surface area contributed by atoms with Crippen LogP contribution in [0.15, 0.2) is 58.2 Å². The molecule has 3 aromatic rings. The number of nitrogens with one attached hydrogen (secondary N) is 1. The van der Waals surface area contributed by atoms with E-state index in [1.807, 2.05) is 18.2 Å². The lowest BCUT2D eigenvalue weighted by molar-refractivity contribution is -0.144. The Morgan fingerprint density at radius 2 is 1.85 bits per heavy atom. The number of nitrogens with zero attached hydrogens (tertiary/aromatic N) is 1. The minimum absolute atomic E-state index is 0.0343. The first-order valence-electron chi connectivity index (χ1n) is 7.85. The van der Waals surface area contributed by atoms with Crippen molar-refractivity contribution in [1.82, 2.24) is 4.98 Å². The van der Waals surface area contributed by atoms with Crippen LogP contribution >= 0.6 is 11.8 Å². The quantitative estimate of drug-likeness (QED) is 0.472. The number of rotatable bonds is 7. The van der Waals surface area contributed by atoms with Crippen molar-refractivity contribution in [3.63, 3.8) is 0 Å². The molecule has 0 radical (unpaired) electrons. The highest BCUT2D eigenvalue weighted by atomic mass is 32.2. The highest BCUT2D eigenvalue weighted by molar-refractivity contribution is 7.99. The summed E-state index contributed by atoms with van der Waals surface area (Å²) in [4.78, 5) is 38.8. The fourth-order valence-electron chi connectivity index (χ4n) is 2.14. The number of ether oxygens (including phenoxy) is 1. The number of anilines is 1. The standard InChI is InChI=1S/C18H15N3O5S/c19-17(24)11-5-7-12(8-6-11)20-15(22)9-25-16(23)10-27-18-21-13-3-1-2-4-14(13)26-18/h1-8H,9-10H2,(H2,19,24)(H,20,22). The van der Waals surface area contributed by atoms with Crippen LogP contribution in [-0.2, 0) is 14.3 Å². The largest absolute Gasteiger partial charge is 0.455 e. The van der Waals surface area contributed by atoms with Crippen molar-refractivity contribution in [3.05, 3.63) is 54.1 Å². The van der Waals surface area contributed by atoms with Gasteiger partial charge in [-0.25, -0.2) is 4.98 Å². The van der Waals surface area contributed by atoms with E-state index >= 15 is 0 Å². The van der Waals surface area contributed by atoms with Crippen molar-refractivity contribution < 1.29 is 23.5 Å². The molecule has 0 aliphatic heterocycles. The molecule has 27 heavy (non-hydrogen) atoms. The zero-order valence-corrected chi connectivity index (χ0v) is 14.8. The van der Waals surface area contributed by atoms with Gasteiger partial charge in [0.25, 0.3) is 11.1 Å². The van der Waals surface area contributed by atoms with Crippen LogP contribution in [0.1, 0.15) is 10.4 Å². The summed E-state index contributed by atoms with van der Waals surface area (Å²) < 4.78 is 10.4. The summed E-state index contributed by atoms with van der Waals surface area (Å²) in [6, 6.07) is 13.3. The molecule has 138 valence electrons. The molecule has 0 atom stereocenters. The van der Waals surface area contributed by atoms with Gasteiger partial charge < -0.3 is 20.2 Å². The van der Waals surface area contributed by atoms with Gasteiger partial charge in [-0.1, -0.05) is 23.9 Å². The summed E-state index contributed by atoms with van der Waals surface area (Å²) in [5, 5.41) is 2.90. The third-order valence-corrected chi connectivity index (χ3v) is 4.21. The van der Waals surface area contributed by atoms with Gasteiger partial charge in [-0.3, -0.25) is 14.4 Å². The van der Waals surface area contributed by atoms with Crippen LogP contribution in [-0.4, -0.2) is 35.1 Å². The topological polar surface area (TPSA) is 125 Å². The van der Waals surface area contributed by atoms with Gasteiger partial charge in [-0.05, 0) is 36.4 Å². The van der Waals surface area contributed by atoms with Gasteiger partial charge in [0.15, 0.2) is 12.2 Å². The van der Waals surface area contributed by atoms with E-state index in [0.29, 0.717) is 27.6 Å². The molecular weight excluding hydrogens is 370 g/mol. The number of carbonyl (C=O) groups is 3. The zero-order chi connectivity index (χ0) is 19.2. The predicted octanol–water partition coefficient (Wildman–Crippen LogP) is 2.20. The molecule has 1 aromatic heterocycles. The van der Waals surface area contributed by atoms with E-state index in [2.05, 4.69) is 10.3 Å². The number of para-hydroxylation sites is 2. The lowest BCUT2D eigenvalue weighted by atomic mass is 10.2. The second-order valence-electron chi connectivity index (χ2n) is 5.39. The first kappa shape index (κ1) is 18.5. The van der Waals surface area contributed by atoms with Gasteiger partial charge in [-0.15, -0.1) is 0 Å². The fourth-order valence-corrected chi connectivity index (χ4v) is 2.77. The highest BCUT2D eigenvalue weighted by Crippen LogP contribution is 2.23. The number of hydrogen-bond donors (Lipinski definition) is 2. The number of carbonyl (C=O) groups excluding carboxylic acids is 3. The normalized spacial score (nSPS) is 10.5. The number of fused-ring (bicyclic) bond motifs is 1. The maximum absolute atomic E-state index is 11.8. The average molecular weight is 385 g/mol. The Morgan fingerprint density at radius 3 is 2.56 bits per heavy atom. The van der Waals surface area contributed by atoms with Crippen molar-refractivity contribution in [1.29, 1.82) is 0 Å². The zero-order valence-electron chi connectivity index (χ0n) is 14.0. The number of thioether (sulfide) groups is 1. The summed E-state index contributed by atoms with van der Waals surface area (Å²) in [6.07, 6.45) is 0. The van der Waals surface area contributed by atoms with E-state index in [-0.39, 0.29) is 5.75 Å². The third kappa shape index (κ3) is 5.08. The molecule has 0 aliphatic carbocycles. The summed E-state index contributed by atoms with van der Waals surface area (Å²) >= 11 is 1.09. The molecular formula is C18H15N3O5S. The Labute approximate surface area is 158 Å². The second-order valence-corrected chi connectivity index (χ2v) is 6.31. The second kappa shape index (κ2) is 8.37. The van der Waals surface area contributed by atoms with Crippen molar-refractivity contribution in [2.45, 2.75) is 5.22 Å². The van der Waals surface area contributed by atoms with E-state index < -0.39 is 24.4 Å². The van der Waals surface area contributed by atoms with Crippen LogP contribution in [0.5, 0.6) is 0 Å². The number of nitrogens with two attached hydrogens (primary N) is 1. The van der Waals surface area contributed by atoms with Crippen LogP contribution in [0.25, 0.3) is 11.1 Å². The molecule has 0 bridgehead atoms. The van der Waals surface area contributed by atoms with Crippen LogP contribution < -0.4 is 11.1 Å². The van der Waals surface area contributed by atoms with Crippen molar-refractivity contribution in [2.24, 2.45) is 5.73 Å². The maximum atomic E-state index is 11.8. The maximum Gasteiger partial charge on any atom is 0.316 e. The van der Waals surface area contributed by atoms with Gasteiger partial charge in [0.05, 0.1) is 0 Å². The molecule has 2 amide bonds. The van der Waals surface area contributed by atoms with Crippen molar-refractivity contribution in [2.75, 3.05) is 17.7 Å². The van der Waals surface area contributed by atoms with E-state index in [1.54, 1.807) is 6.07 Å². The Hall–Kier alpha value is -3.33. The number of oxazole rings is 1. The molecule has 0 fully saturated rings. The monoisotopic (exact) mass is 385 g/mol. The average Bonchev–Trinajstić information content (AvgIpc) is 3.08. The summed E-state index contributed by atoms with van der Waals surface area (Å²) in [7, 11) is 0. The lowest BCUT2D eigenvalue weighted by Crippen LogP contribution is -2.21. The van der Waals surface area contributed by atoms with Gasteiger partial charge in [0, 0.05) is 11.3 Å². The minimum atomic E-state index is -0.568. The lowest BCUT2D eigenvalue weighted by Gasteiger charge is -2.06. The molecule has 0 aliphatic rings. The van der Waals surface area contributed by atoms with Crippen LogP contribution in [0.4, 0.5) is 5.69 Å². The molecule has 8 nitrogen and oxygen atoms in total. The third-order valence-electron chi connectivity index (χ3n) is 3.41. The smallest absolute Gasteiger partial charge is 0.316 e. The number of benzene rings is 2. The summed E-state index contributed by atoms with van der Waals surface area (Å²) in [6.45, 7) is -0.426. The van der Waals surface area contributed by atoms with E-state index in [9.17, 15) is 14.4 Å². The molecule has 2 aromatic carbocycles.